The summed E-state index contributed by atoms with van der Waals surface area (Å²) >= 11 is 6.36. The highest BCUT2D eigenvalue weighted by Crippen LogP contribution is 2.37. The van der Waals surface area contributed by atoms with E-state index in [9.17, 15) is 14.7 Å². The minimum Gasteiger partial charge on any atom is -0.493 e. The number of nitrogens with zero attached hydrogens (tertiary/aromatic N) is 2. The van der Waals surface area contributed by atoms with E-state index in [-0.39, 0.29) is 17.9 Å². The van der Waals surface area contributed by atoms with Gasteiger partial charge in [-0.15, -0.1) is 0 Å². The van der Waals surface area contributed by atoms with Crippen molar-refractivity contribution < 1.29 is 19.4 Å². The number of hydrogen-bond acceptors (Lipinski definition) is 4. The summed E-state index contributed by atoms with van der Waals surface area (Å²) < 4.78 is 6.34. The summed E-state index contributed by atoms with van der Waals surface area (Å²) in [5.74, 6) is 0.817. The summed E-state index contributed by atoms with van der Waals surface area (Å²) in [4.78, 5) is 30.9. The van der Waals surface area contributed by atoms with Crippen LogP contribution in [-0.2, 0) is 4.79 Å². The highest BCUT2D eigenvalue weighted by atomic mass is 35.5. The third-order valence-electron chi connectivity index (χ3n) is 7.94. The Balaban J connectivity index is 1.58. The van der Waals surface area contributed by atoms with Crippen LogP contribution in [0.25, 0.3) is 0 Å². The van der Waals surface area contributed by atoms with Crippen molar-refractivity contribution in [3.8, 4) is 5.75 Å². The lowest BCUT2D eigenvalue weighted by Gasteiger charge is -2.43. The van der Waals surface area contributed by atoms with Crippen LogP contribution >= 0.6 is 11.6 Å². The molecular weight excluding hydrogens is 488 g/mol. The Morgan fingerprint density at radius 1 is 1.00 bits per heavy atom. The summed E-state index contributed by atoms with van der Waals surface area (Å²) in [6.45, 7) is 10.5. The van der Waals surface area contributed by atoms with Crippen molar-refractivity contribution in [1.82, 2.24) is 9.80 Å². The van der Waals surface area contributed by atoms with Crippen LogP contribution in [0.4, 0.5) is 0 Å². The number of carbonyl (C=O) groups is 2. The van der Waals surface area contributed by atoms with Crippen LogP contribution in [0.5, 0.6) is 5.75 Å². The third kappa shape index (κ3) is 6.29. The van der Waals surface area contributed by atoms with Crippen molar-refractivity contribution in [3.05, 3.63) is 63.2 Å². The summed E-state index contributed by atoms with van der Waals surface area (Å²) in [6.07, 6.45) is 2.80. The monoisotopic (exact) mass is 526 g/mol. The molecule has 2 amide bonds. The molecule has 0 radical (unpaired) electrons. The molecule has 37 heavy (non-hydrogen) atoms. The zero-order chi connectivity index (χ0) is 26.7. The van der Waals surface area contributed by atoms with Gasteiger partial charge in [0.1, 0.15) is 5.75 Å². The standard InChI is InChI=1S/C30H39ClN2O4/c1-20-7-5-8-21(2)27(20)29(36)33-12-6-11-30(18-33,17-26(35)32-13-9-24(34)10-14-32)19-37-25-15-22(3)28(31)23(4)16-25/h5,7-8,15-16,24,34H,6,9-14,17-19H2,1-4H3/t30-/m1/s1. The predicted octanol–water partition coefficient (Wildman–Crippen LogP) is 5.25. The SMILES string of the molecule is Cc1cc(OC[C@@]2(CC(=O)N3CCC(O)CC3)CCCN(C(=O)c3c(C)cccc3C)C2)cc(C)c1Cl. The maximum atomic E-state index is 13.7. The average molecular weight is 527 g/mol. The lowest BCUT2D eigenvalue weighted by molar-refractivity contribution is -0.137. The van der Waals surface area contributed by atoms with Crippen LogP contribution in [0, 0.1) is 33.1 Å². The maximum Gasteiger partial charge on any atom is 0.254 e. The van der Waals surface area contributed by atoms with Crippen LogP contribution in [0.15, 0.2) is 30.3 Å². The van der Waals surface area contributed by atoms with Crippen LogP contribution in [0.3, 0.4) is 0 Å². The Morgan fingerprint density at radius 2 is 1.62 bits per heavy atom. The minimum absolute atomic E-state index is 0.0198. The van der Waals surface area contributed by atoms with E-state index in [0.717, 1.165) is 51.4 Å². The summed E-state index contributed by atoms with van der Waals surface area (Å²) in [5.41, 5.74) is 4.08. The van der Waals surface area contributed by atoms with E-state index in [1.165, 1.54) is 0 Å². The fourth-order valence-electron chi connectivity index (χ4n) is 5.78. The molecule has 1 N–H and O–H groups in total. The highest BCUT2D eigenvalue weighted by Gasteiger charge is 2.41. The third-order valence-corrected chi connectivity index (χ3v) is 8.54. The number of ether oxygens (including phenoxy) is 1. The number of aliphatic hydroxyl groups is 1. The molecule has 2 aliphatic rings. The largest absolute Gasteiger partial charge is 0.493 e. The van der Waals surface area contributed by atoms with Gasteiger partial charge in [-0.3, -0.25) is 9.59 Å². The second-order valence-corrected chi connectivity index (χ2v) is 11.4. The van der Waals surface area contributed by atoms with E-state index in [4.69, 9.17) is 16.3 Å². The van der Waals surface area contributed by atoms with E-state index in [1.54, 1.807) is 0 Å². The Bertz CT molecular complexity index is 1120. The number of rotatable bonds is 6. The Morgan fingerprint density at radius 3 is 2.24 bits per heavy atom. The normalized spacial score (nSPS) is 20.7. The first-order valence-electron chi connectivity index (χ1n) is 13.3. The van der Waals surface area contributed by atoms with Crippen molar-refractivity contribution in [1.29, 1.82) is 0 Å². The maximum absolute atomic E-state index is 13.7. The van der Waals surface area contributed by atoms with Gasteiger partial charge in [-0.05, 0) is 87.8 Å². The molecule has 0 unspecified atom stereocenters. The van der Waals surface area contributed by atoms with Gasteiger partial charge in [-0.1, -0.05) is 29.8 Å². The van der Waals surface area contributed by atoms with Gasteiger partial charge in [0, 0.05) is 48.6 Å². The Hall–Kier alpha value is -2.57. The van der Waals surface area contributed by atoms with Crippen molar-refractivity contribution in [3.63, 3.8) is 0 Å². The second-order valence-electron chi connectivity index (χ2n) is 11.0. The van der Waals surface area contributed by atoms with Gasteiger partial charge in [0.15, 0.2) is 0 Å². The number of hydrogen-bond donors (Lipinski definition) is 1. The van der Waals surface area contributed by atoms with Crippen molar-refractivity contribution in [2.75, 3.05) is 32.8 Å². The smallest absolute Gasteiger partial charge is 0.254 e. The molecule has 0 spiro atoms. The molecule has 2 aromatic rings. The number of amides is 2. The lowest BCUT2D eigenvalue weighted by Crippen LogP contribution is -2.52. The first-order valence-corrected chi connectivity index (χ1v) is 13.7. The first-order chi connectivity index (χ1) is 17.6. The molecule has 0 aliphatic carbocycles. The van der Waals surface area contributed by atoms with E-state index in [0.29, 0.717) is 52.0 Å². The number of benzene rings is 2. The molecule has 4 rings (SSSR count). The number of aryl methyl sites for hydroxylation is 4. The molecule has 2 aliphatic heterocycles. The van der Waals surface area contributed by atoms with Gasteiger partial charge in [-0.2, -0.15) is 0 Å². The summed E-state index contributed by atoms with van der Waals surface area (Å²) in [7, 11) is 0. The zero-order valence-electron chi connectivity index (χ0n) is 22.5. The molecule has 2 fully saturated rings. The van der Waals surface area contributed by atoms with Crippen LogP contribution in [0.1, 0.15) is 64.7 Å². The van der Waals surface area contributed by atoms with Crippen molar-refractivity contribution in [2.24, 2.45) is 5.41 Å². The Kier molecular flexibility index (Phi) is 8.49. The van der Waals surface area contributed by atoms with Gasteiger partial charge in [0.05, 0.1) is 12.7 Å². The van der Waals surface area contributed by atoms with Gasteiger partial charge in [0.2, 0.25) is 5.91 Å². The molecule has 6 nitrogen and oxygen atoms in total. The molecule has 2 heterocycles. The molecule has 2 saturated heterocycles. The summed E-state index contributed by atoms with van der Waals surface area (Å²) in [6, 6.07) is 9.78. The minimum atomic E-state index is -0.501. The molecule has 0 bridgehead atoms. The molecule has 0 saturated carbocycles. The zero-order valence-corrected chi connectivity index (χ0v) is 23.2. The molecule has 0 aromatic heterocycles. The Labute approximate surface area is 225 Å². The molecule has 200 valence electrons. The number of aliphatic hydroxyl groups excluding tert-OH is 1. The lowest BCUT2D eigenvalue weighted by atomic mass is 9.76. The van der Waals surface area contributed by atoms with Gasteiger partial charge in [-0.25, -0.2) is 0 Å². The quantitative estimate of drug-likeness (QED) is 0.558. The number of carbonyl (C=O) groups excluding carboxylic acids is 2. The predicted molar refractivity (Wildman–Crippen MR) is 146 cm³/mol. The van der Waals surface area contributed by atoms with E-state index >= 15 is 0 Å². The number of piperidine rings is 2. The number of halogens is 1. The fraction of sp³-hybridized carbons (Fsp3) is 0.533. The van der Waals surface area contributed by atoms with E-state index < -0.39 is 5.41 Å². The fourth-order valence-corrected chi connectivity index (χ4v) is 5.89. The first kappa shape index (κ1) is 27.5. The van der Waals surface area contributed by atoms with Crippen LogP contribution in [0.2, 0.25) is 5.02 Å². The van der Waals surface area contributed by atoms with Crippen molar-refractivity contribution >= 4 is 23.4 Å². The van der Waals surface area contributed by atoms with Crippen molar-refractivity contribution in [2.45, 2.75) is 65.9 Å². The molecule has 2 aromatic carbocycles. The highest BCUT2D eigenvalue weighted by molar-refractivity contribution is 6.32. The van der Waals surface area contributed by atoms with Gasteiger partial charge < -0.3 is 19.6 Å². The molecule has 1 atom stereocenters. The number of likely N-dealkylation sites (tertiary alicyclic amines) is 2. The second kappa shape index (κ2) is 11.4. The van der Waals surface area contributed by atoms with Crippen LogP contribution in [-0.4, -0.2) is 65.6 Å². The topological polar surface area (TPSA) is 70.1 Å². The molecule has 7 heteroatoms. The summed E-state index contributed by atoms with van der Waals surface area (Å²) in [5, 5.41) is 10.6. The molecular formula is C30H39ClN2O4. The average Bonchev–Trinajstić information content (AvgIpc) is 2.86. The van der Waals surface area contributed by atoms with Gasteiger partial charge >= 0.3 is 0 Å². The van der Waals surface area contributed by atoms with E-state index in [1.807, 2.05) is 67.8 Å². The van der Waals surface area contributed by atoms with Gasteiger partial charge in [0.25, 0.3) is 5.91 Å². The van der Waals surface area contributed by atoms with E-state index in [2.05, 4.69) is 0 Å². The van der Waals surface area contributed by atoms with Crippen LogP contribution < -0.4 is 4.74 Å².